The third-order valence-electron chi connectivity index (χ3n) is 4.98. The topological polar surface area (TPSA) is 53.5 Å². The molecule has 1 fully saturated rings. The van der Waals surface area contributed by atoms with Gasteiger partial charge in [-0.25, -0.2) is 13.4 Å². The fourth-order valence-electron chi connectivity index (χ4n) is 3.36. The number of sulfonamides is 1. The number of hydrogen-bond acceptors (Lipinski definition) is 5. The number of halogens is 1. The van der Waals surface area contributed by atoms with Crippen molar-refractivity contribution >= 4 is 42.4 Å². The highest BCUT2D eigenvalue weighted by molar-refractivity contribution is 9.10. The zero-order chi connectivity index (χ0) is 20.4. The predicted octanol–water partition coefficient (Wildman–Crippen LogP) is 4.32. The molecule has 29 heavy (non-hydrogen) atoms. The van der Waals surface area contributed by atoms with Gasteiger partial charge >= 0.3 is 0 Å². The molecule has 1 saturated heterocycles. The summed E-state index contributed by atoms with van der Waals surface area (Å²) in [6.07, 6.45) is 0.789. The van der Waals surface area contributed by atoms with E-state index in [1.165, 1.54) is 5.56 Å². The van der Waals surface area contributed by atoms with Crippen LogP contribution in [0.4, 0.5) is 5.13 Å². The molecule has 0 N–H and O–H groups in total. The number of aryl methyl sites for hydroxylation is 1. The van der Waals surface area contributed by atoms with E-state index in [-0.39, 0.29) is 0 Å². The van der Waals surface area contributed by atoms with Gasteiger partial charge < -0.3 is 4.90 Å². The molecule has 2 aromatic carbocycles. The van der Waals surface area contributed by atoms with Crippen LogP contribution in [0.25, 0.3) is 0 Å². The molecule has 0 saturated carbocycles. The van der Waals surface area contributed by atoms with Gasteiger partial charge in [-0.2, -0.15) is 4.31 Å². The molecule has 0 amide bonds. The molecular formula is C21H22BrN3O2S2. The van der Waals surface area contributed by atoms with E-state index in [4.69, 9.17) is 4.98 Å². The van der Waals surface area contributed by atoms with Crippen molar-refractivity contribution in [2.45, 2.75) is 18.2 Å². The molecule has 8 heteroatoms. The fourth-order valence-corrected chi connectivity index (χ4v) is 6.11. The number of aromatic nitrogens is 1. The molecule has 3 aromatic rings. The predicted molar refractivity (Wildman–Crippen MR) is 121 cm³/mol. The summed E-state index contributed by atoms with van der Waals surface area (Å²) in [7, 11) is -3.44. The molecule has 1 aliphatic rings. The van der Waals surface area contributed by atoms with Crippen LogP contribution in [0, 0.1) is 6.92 Å². The van der Waals surface area contributed by atoms with E-state index in [0.717, 1.165) is 27.3 Å². The van der Waals surface area contributed by atoms with Gasteiger partial charge in [-0.1, -0.05) is 45.8 Å². The van der Waals surface area contributed by atoms with Crippen LogP contribution in [0.1, 0.15) is 16.8 Å². The van der Waals surface area contributed by atoms with Gasteiger partial charge in [0.2, 0.25) is 10.0 Å². The Hall–Kier alpha value is -1.74. The second-order valence-corrected chi connectivity index (χ2v) is 10.8. The van der Waals surface area contributed by atoms with Crippen molar-refractivity contribution in [1.29, 1.82) is 0 Å². The zero-order valence-electron chi connectivity index (χ0n) is 16.1. The molecule has 152 valence electrons. The third kappa shape index (κ3) is 4.71. The number of rotatable bonds is 5. The molecule has 0 atom stereocenters. The molecule has 0 spiro atoms. The van der Waals surface area contributed by atoms with E-state index >= 15 is 0 Å². The Bertz CT molecular complexity index is 1090. The van der Waals surface area contributed by atoms with Gasteiger partial charge in [-0.05, 0) is 36.8 Å². The van der Waals surface area contributed by atoms with Crippen LogP contribution in [0.2, 0.25) is 0 Å². The van der Waals surface area contributed by atoms with Crippen molar-refractivity contribution in [1.82, 2.24) is 9.29 Å². The summed E-state index contributed by atoms with van der Waals surface area (Å²) in [6, 6.07) is 15.3. The fraction of sp³-hybridized carbons (Fsp3) is 0.286. The molecule has 2 heterocycles. The molecule has 0 unspecified atom stereocenters. The average molecular weight is 492 g/mol. The Kier molecular flexibility index (Phi) is 6.06. The minimum absolute atomic E-state index is 0.363. The summed E-state index contributed by atoms with van der Waals surface area (Å²) in [5.74, 6) is 0. The Morgan fingerprint density at radius 3 is 2.48 bits per heavy atom. The summed E-state index contributed by atoms with van der Waals surface area (Å²) in [5.41, 5.74) is 3.30. The van der Waals surface area contributed by atoms with E-state index in [0.29, 0.717) is 31.1 Å². The molecule has 0 aliphatic carbocycles. The Morgan fingerprint density at radius 2 is 1.79 bits per heavy atom. The van der Waals surface area contributed by atoms with E-state index in [9.17, 15) is 8.42 Å². The highest BCUT2D eigenvalue weighted by atomic mass is 79.9. The van der Waals surface area contributed by atoms with Crippen molar-refractivity contribution in [2.24, 2.45) is 0 Å². The summed E-state index contributed by atoms with van der Waals surface area (Å²) >= 11 is 5.13. The van der Waals surface area contributed by atoms with Crippen LogP contribution in [-0.4, -0.2) is 43.9 Å². The van der Waals surface area contributed by atoms with Gasteiger partial charge in [0.15, 0.2) is 5.13 Å². The lowest BCUT2D eigenvalue weighted by Gasteiger charge is -2.33. The van der Waals surface area contributed by atoms with Gasteiger partial charge in [0, 0.05) is 42.5 Å². The highest BCUT2D eigenvalue weighted by Crippen LogP contribution is 2.26. The summed E-state index contributed by atoms with van der Waals surface area (Å²) in [5, 5.41) is 3.05. The highest BCUT2D eigenvalue weighted by Gasteiger charge is 2.29. The lowest BCUT2D eigenvalue weighted by molar-refractivity contribution is 0.384. The third-order valence-corrected chi connectivity index (χ3v) is 8.34. The van der Waals surface area contributed by atoms with Gasteiger partial charge in [0.25, 0.3) is 0 Å². The molecule has 1 aliphatic heterocycles. The van der Waals surface area contributed by atoms with E-state index in [1.807, 2.05) is 31.2 Å². The van der Waals surface area contributed by atoms with Gasteiger partial charge in [0.05, 0.1) is 10.6 Å². The van der Waals surface area contributed by atoms with Crippen molar-refractivity contribution < 1.29 is 8.42 Å². The number of anilines is 1. The SMILES string of the molecule is Cc1ccc(S(=O)(=O)N2CCN(c3nc(Cc4cccc(Br)c4)cs3)CC2)cc1. The smallest absolute Gasteiger partial charge is 0.243 e. The Labute approximate surface area is 184 Å². The van der Waals surface area contributed by atoms with Crippen molar-refractivity contribution in [3.05, 3.63) is 75.2 Å². The van der Waals surface area contributed by atoms with E-state index < -0.39 is 10.0 Å². The monoisotopic (exact) mass is 491 g/mol. The van der Waals surface area contributed by atoms with Crippen LogP contribution in [0.3, 0.4) is 0 Å². The normalized spacial score (nSPS) is 15.6. The zero-order valence-corrected chi connectivity index (χ0v) is 19.3. The molecule has 0 bridgehead atoms. The van der Waals surface area contributed by atoms with Gasteiger partial charge in [-0.15, -0.1) is 11.3 Å². The largest absolute Gasteiger partial charge is 0.345 e. The maximum absolute atomic E-state index is 12.9. The molecule has 4 rings (SSSR count). The lowest BCUT2D eigenvalue weighted by atomic mass is 10.1. The maximum atomic E-state index is 12.9. The molecule has 1 aromatic heterocycles. The number of thiazole rings is 1. The number of benzene rings is 2. The molecular weight excluding hydrogens is 470 g/mol. The number of hydrogen-bond donors (Lipinski definition) is 0. The Morgan fingerprint density at radius 1 is 1.07 bits per heavy atom. The second-order valence-electron chi connectivity index (χ2n) is 7.13. The van der Waals surface area contributed by atoms with Crippen molar-refractivity contribution in [2.75, 3.05) is 31.1 Å². The molecule has 5 nitrogen and oxygen atoms in total. The second kappa shape index (κ2) is 8.55. The number of piperazine rings is 1. The van der Waals surface area contributed by atoms with Crippen LogP contribution >= 0.6 is 27.3 Å². The summed E-state index contributed by atoms with van der Waals surface area (Å²) in [4.78, 5) is 7.32. The van der Waals surface area contributed by atoms with Crippen molar-refractivity contribution in [3.8, 4) is 0 Å². The first-order valence-corrected chi connectivity index (χ1v) is 12.5. The van der Waals surface area contributed by atoms with E-state index in [2.05, 4.69) is 38.3 Å². The quantitative estimate of drug-likeness (QED) is 0.533. The maximum Gasteiger partial charge on any atom is 0.243 e. The van der Waals surface area contributed by atoms with Gasteiger partial charge in [-0.3, -0.25) is 0 Å². The minimum Gasteiger partial charge on any atom is -0.345 e. The van der Waals surface area contributed by atoms with E-state index in [1.54, 1.807) is 27.8 Å². The number of nitrogens with zero attached hydrogens (tertiary/aromatic N) is 3. The summed E-state index contributed by atoms with van der Waals surface area (Å²) in [6.45, 7) is 4.19. The van der Waals surface area contributed by atoms with Gasteiger partial charge in [0.1, 0.15) is 0 Å². The van der Waals surface area contributed by atoms with Crippen LogP contribution < -0.4 is 4.90 Å². The standard InChI is InChI=1S/C21H22BrN3O2S2/c1-16-5-7-20(8-6-16)29(26,27)25-11-9-24(10-12-25)21-23-19(15-28-21)14-17-3-2-4-18(22)13-17/h2-8,13,15H,9-12,14H2,1H3. The van der Waals surface area contributed by atoms with Crippen LogP contribution in [0.5, 0.6) is 0 Å². The Balaban J connectivity index is 1.40. The first kappa shape index (κ1) is 20.5. The first-order valence-electron chi connectivity index (χ1n) is 9.42. The summed E-state index contributed by atoms with van der Waals surface area (Å²) < 4.78 is 28.4. The molecule has 0 radical (unpaired) electrons. The van der Waals surface area contributed by atoms with Crippen LogP contribution in [-0.2, 0) is 16.4 Å². The average Bonchev–Trinajstić information content (AvgIpc) is 3.17. The van der Waals surface area contributed by atoms with Crippen molar-refractivity contribution in [3.63, 3.8) is 0 Å². The van der Waals surface area contributed by atoms with Crippen LogP contribution in [0.15, 0.2) is 63.3 Å². The lowest BCUT2D eigenvalue weighted by Crippen LogP contribution is -2.48. The minimum atomic E-state index is -3.44. The first-order chi connectivity index (χ1) is 13.9.